The normalized spacial score (nSPS) is 17.6. The molecule has 6 atom stereocenters. The Morgan fingerprint density at radius 3 is 1.14 bits per heavy atom. The minimum absolute atomic E-state index is 0.0274. The van der Waals surface area contributed by atoms with Crippen molar-refractivity contribution in [1.82, 2.24) is 72.0 Å². The van der Waals surface area contributed by atoms with Crippen molar-refractivity contribution in [3.05, 3.63) is 280 Å². The number of H-pyrrole nitrogens is 3. The fourth-order valence-electron chi connectivity index (χ4n) is 23.0. The van der Waals surface area contributed by atoms with Gasteiger partial charge in [0.05, 0.1) is 141 Å². The van der Waals surface area contributed by atoms with Gasteiger partial charge >= 0.3 is 17.1 Å². The van der Waals surface area contributed by atoms with E-state index in [1.54, 1.807) is 114 Å². The van der Waals surface area contributed by atoms with Crippen molar-refractivity contribution in [3.63, 3.8) is 0 Å². The average molecular weight is 2040 g/mol. The monoisotopic (exact) mass is 2040 g/mol. The van der Waals surface area contributed by atoms with Gasteiger partial charge in [-0.15, -0.1) is 0 Å². The Balaban J connectivity index is 0.000000138. The third-order valence-corrected chi connectivity index (χ3v) is 31.0. The highest BCUT2D eigenvalue weighted by Crippen LogP contribution is 2.53. The molecule has 15 aromatic rings. The molecule has 0 spiro atoms. The number of benzene rings is 6. The number of fused-ring (bicyclic) bond motifs is 18. The quantitative estimate of drug-likeness (QED) is 0.0957. The number of piperazine rings is 3. The van der Waals surface area contributed by atoms with Crippen LogP contribution in [0, 0.1) is 59.0 Å². The van der Waals surface area contributed by atoms with Crippen LogP contribution in [0.5, 0.6) is 5.75 Å². The molecule has 3 fully saturated rings. The number of pyridine rings is 6. The number of ether oxygens (including phenoxy) is 1. The highest BCUT2D eigenvalue weighted by Gasteiger charge is 2.49. The smallest absolute Gasteiger partial charge is 0.326 e. The first-order valence-electron chi connectivity index (χ1n) is 48.6. The Morgan fingerprint density at radius 1 is 0.411 bits per heavy atom. The van der Waals surface area contributed by atoms with Crippen molar-refractivity contribution < 1.29 is 37.1 Å². The second kappa shape index (κ2) is 37.3. The zero-order chi connectivity index (χ0) is 105. The number of carbonyl (C=O) groups is 4. The van der Waals surface area contributed by atoms with Gasteiger partial charge in [-0.3, -0.25) is 75.9 Å². The summed E-state index contributed by atoms with van der Waals surface area (Å²) in [4.78, 5) is 170. The molecule has 36 heteroatoms. The highest BCUT2D eigenvalue weighted by atomic mass is 35.5. The third kappa shape index (κ3) is 15.5. The van der Waals surface area contributed by atoms with Gasteiger partial charge in [0.2, 0.25) is 23.5 Å². The number of aromatic amines is 3. The Bertz CT molecular complexity index is 8650. The van der Waals surface area contributed by atoms with E-state index in [2.05, 4.69) is 59.4 Å². The number of hydrogen-bond acceptors (Lipinski definition) is 17. The van der Waals surface area contributed by atoms with Crippen molar-refractivity contribution in [2.75, 3.05) is 72.5 Å². The maximum absolute atomic E-state index is 18.0. The lowest BCUT2D eigenvalue weighted by Gasteiger charge is -2.50. The summed E-state index contributed by atoms with van der Waals surface area (Å²) in [5.74, 6) is -3.37. The van der Waals surface area contributed by atoms with E-state index in [1.807, 2.05) is 122 Å². The second-order valence-electron chi connectivity index (χ2n) is 40.1. The van der Waals surface area contributed by atoms with E-state index in [4.69, 9.17) is 39.5 Å². The van der Waals surface area contributed by atoms with Gasteiger partial charge < -0.3 is 54.0 Å². The van der Waals surface area contributed by atoms with Crippen LogP contribution in [0.2, 0.25) is 15.1 Å². The predicted octanol–water partition coefficient (Wildman–Crippen LogP) is 17.4. The number of aromatic nitrogens is 12. The lowest BCUT2D eigenvalue weighted by molar-refractivity contribution is -0.131. The number of rotatable bonds is 12. The third-order valence-electron chi connectivity index (χ3n) is 30.1. The Hall–Kier alpha value is -14.8. The van der Waals surface area contributed by atoms with Crippen LogP contribution >= 0.6 is 34.8 Å². The summed E-state index contributed by atoms with van der Waals surface area (Å²) in [5, 5.41) is 1.56. The van der Waals surface area contributed by atoms with Crippen molar-refractivity contribution in [1.29, 1.82) is 0 Å². The molecule has 4 amide bonds. The van der Waals surface area contributed by atoms with E-state index < -0.39 is 34.6 Å². The van der Waals surface area contributed by atoms with Crippen molar-refractivity contribution in [3.8, 4) is 56.2 Å². The van der Waals surface area contributed by atoms with Crippen molar-refractivity contribution >= 4 is 147 Å². The standard InChI is InChI=1S/C37H37ClFN7O4.C37H38ClFN6O4.C36H36ClFN6O3/c1-9-25(47)44-16-24-35(48)42(7)34-32(45(24)15-20(44)6)21-14-22(38)27(26-18(4)10-11-23-33(26)43(8)37(50)41-23)28(39)31(21)46(36(34)49)30-19(5)12-13-40-29(30)17(2)3;1-8-26(46)43-17-22-12-14-49-35-33(44(22)16-21(43)6)23-15-24(38)28(27-19(4)9-10-25-34(27)42(7)37(48)41-25)29(39)32(23)45(36(35)47)31-20(5)11-13-40-30(31)18(2)3;1-8-26(45)42-16-21-13-23-32(43(21)15-20(42)6)22-14-24(37)28(27-18(4)9-10-25-34(27)41(7)36(47)40-25)29(38)33(22)44(35(23)46)31-19(5)11-12-39-30(31)17(2)3/h9-14,17,20,24H,1,15-16H2,2-8H3,(H,41,50);8-11,13,15,18,21-22H,1,12,14,16-17H2,2-7H3,(H,41,48);8-12,14,17,20-21H,1,13,15-16H2,2-7H3,(H,40,47). The van der Waals surface area contributed by atoms with Crippen LogP contribution in [-0.2, 0) is 46.7 Å². The molecule has 6 aliphatic heterocycles. The van der Waals surface area contributed by atoms with E-state index in [0.29, 0.717) is 178 Å². The first-order chi connectivity index (χ1) is 69.4. The number of likely N-dealkylation sites (N-methyl/N-ethyl adjacent to an activating group) is 1. The summed E-state index contributed by atoms with van der Waals surface area (Å²) < 4.78 is 68.5. The summed E-state index contributed by atoms with van der Waals surface area (Å²) in [5.41, 5.74) is 11.9. The zero-order valence-electron chi connectivity index (χ0n) is 84.5. The molecule has 30 nitrogen and oxygen atoms in total. The molecule has 146 heavy (non-hydrogen) atoms. The molecule has 6 unspecified atom stereocenters. The minimum atomic E-state index is -0.843. The topological polar surface area (TPSA) is 318 Å². The van der Waals surface area contributed by atoms with Crippen molar-refractivity contribution in [2.24, 2.45) is 21.1 Å². The van der Waals surface area contributed by atoms with Gasteiger partial charge in [-0.2, -0.15) is 0 Å². The fourth-order valence-corrected chi connectivity index (χ4v) is 23.8. The number of aryl methyl sites for hydroxylation is 9. The fraction of sp³-hybridized carbons (Fsp3) is 0.336. The number of imidazole rings is 3. The van der Waals surface area contributed by atoms with Gasteiger partial charge in [-0.25, -0.2) is 27.6 Å². The van der Waals surface area contributed by atoms with Crippen LogP contribution in [0.4, 0.5) is 35.9 Å². The largest absolute Gasteiger partial charge is 0.486 e. The number of hydrogen-bond donors (Lipinski definition) is 3. The maximum atomic E-state index is 18.0. The molecule has 3 saturated heterocycles. The van der Waals surface area contributed by atoms with Crippen LogP contribution in [0.3, 0.4) is 0 Å². The molecule has 0 bridgehead atoms. The molecule has 754 valence electrons. The number of halogens is 6. The maximum Gasteiger partial charge on any atom is 0.326 e. The average Bonchev–Trinajstić information content (AvgIpc) is 0.906. The van der Waals surface area contributed by atoms with Gasteiger partial charge in [0.15, 0.2) is 17.5 Å². The number of carbonyl (C=O) groups excluding carboxylic acids is 4. The summed E-state index contributed by atoms with van der Waals surface area (Å²) in [6, 6.07) is 19.2. The lowest BCUT2D eigenvalue weighted by atomic mass is 9.93. The number of nitrogens with zero attached hydrogens (tertiary/aromatic N) is 16. The lowest BCUT2D eigenvalue weighted by Crippen LogP contribution is -2.66. The van der Waals surface area contributed by atoms with Crippen LogP contribution < -0.4 is 58.1 Å². The SMILES string of the molecule is C=CC(=O)N1CC2C(=O)N(C)c3c(c4cc(Cl)c(-c5c(C)ccc6[nH]c(=O)n(C)c56)c(F)c4n(-c4c(C)ccnc4C(C)C)c3=O)N2CC1C.C=CC(=O)N1CC2CCOc3c(c4cc(Cl)c(-c5c(C)ccc6[nH]c(=O)n(C)c56)c(F)c4n(-c4c(C)ccnc4C(C)C)c3=O)N2CC1C.C=CC(=O)N1CC2Cc3c(c4cc(Cl)c(-c5c(C)ccc6[nH]c(=O)n(C)c56)c(F)c4n(-c4c(C)ccnc4C(C)C)c3=O)N2CC1C. The zero-order valence-corrected chi connectivity index (χ0v) is 86.8. The summed E-state index contributed by atoms with van der Waals surface area (Å²) in [6.45, 7) is 41.7. The molecule has 6 aromatic carbocycles. The first kappa shape index (κ1) is 99.9. The molecule has 0 saturated carbocycles. The Labute approximate surface area is 851 Å². The summed E-state index contributed by atoms with van der Waals surface area (Å²) >= 11 is 21.4. The second-order valence-corrected chi connectivity index (χ2v) is 41.3. The van der Waals surface area contributed by atoms with Crippen LogP contribution in [-0.4, -0.2) is 185 Å². The molecule has 0 radical (unpaired) electrons. The van der Waals surface area contributed by atoms with Gasteiger partial charge in [0, 0.05) is 166 Å². The van der Waals surface area contributed by atoms with E-state index >= 15 is 18.0 Å². The minimum Gasteiger partial charge on any atom is -0.486 e. The van der Waals surface area contributed by atoms with E-state index in [-0.39, 0.29) is 174 Å². The molecule has 6 aliphatic rings. The Kier molecular flexibility index (Phi) is 25.5. The molecule has 9 aromatic heterocycles. The highest BCUT2D eigenvalue weighted by molar-refractivity contribution is 6.37. The predicted molar refractivity (Wildman–Crippen MR) is 570 cm³/mol. The summed E-state index contributed by atoms with van der Waals surface area (Å²) in [6.07, 6.45) is 9.80. The van der Waals surface area contributed by atoms with Crippen LogP contribution in [0.15, 0.2) is 158 Å². The first-order valence-corrected chi connectivity index (χ1v) is 49.8. The molecular formula is C110H111Cl3F3N19O11. The van der Waals surface area contributed by atoms with Crippen molar-refractivity contribution in [2.45, 2.75) is 171 Å². The van der Waals surface area contributed by atoms with E-state index in [1.165, 1.54) is 57.6 Å². The van der Waals surface area contributed by atoms with E-state index in [9.17, 15) is 43.2 Å². The van der Waals surface area contributed by atoms with Crippen LogP contribution in [0.1, 0.15) is 143 Å². The summed E-state index contributed by atoms with van der Waals surface area (Å²) in [7, 11) is 6.37. The van der Waals surface area contributed by atoms with E-state index in [0.717, 1.165) is 16.7 Å². The van der Waals surface area contributed by atoms with Gasteiger partial charge in [-0.05, 0) is 186 Å². The molecular weight excluding hydrogens is 1930 g/mol. The van der Waals surface area contributed by atoms with Gasteiger partial charge in [0.25, 0.3) is 22.6 Å². The van der Waals surface area contributed by atoms with Gasteiger partial charge in [0.1, 0.15) is 11.7 Å². The molecule has 15 heterocycles. The van der Waals surface area contributed by atoms with Gasteiger partial charge in [-0.1, -0.05) is 114 Å². The number of anilines is 4. The molecule has 21 rings (SSSR count). The number of amides is 4. The van der Waals surface area contributed by atoms with Crippen LogP contribution in [0.25, 0.3) is 116 Å². The molecule has 0 aliphatic carbocycles. The molecule has 3 N–H and O–H groups in total. The Morgan fingerprint density at radius 2 is 0.753 bits per heavy atom. The number of nitrogens with one attached hydrogen (secondary N) is 3.